The van der Waals surface area contributed by atoms with Gasteiger partial charge in [-0.15, -0.1) is 0 Å². The minimum atomic E-state index is -0.544. The Hall–Kier alpha value is -4.66. The van der Waals surface area contributed by atoms with Crippen LogP contribution in [0, 0.1) is 5.82 Å². The van der Waals surface area contributed by atoms with E-state index in [1.807, 2.05) is 12.1 Å². The fraction of sp³-hybridized carbons (Fsp3) is 0.179. The molecule has 1 N–H and O–H groups in total. The molecule has 2 amide bonds. The minimum absolute atomic E-state index is 0.0576. The summed E-state index contributed by atoms with van der Waals surface area (Å²) < 4.78 is 15.1. The molecule has 0 radical (unpaired) electrons. The third-order valence-electron chi connectivity index (χ3n) is 6.33. The van der Waals surface area contributed by atoms with Crippen molar-refractivity contribution in [2.24, 2.45) is 0 Å². The van der Waals surface area contributed by atoms with Gasteiger partial charge >= 0.3 is 0 Å². The van der Waals surface area contributed by atoms with E-state index in [9.17, 15) is 9.59 Å². The van der Waals surface area contributed by atoms with E-state index < -0.39 is 11.7 Å². The Morgan fingerprint density at radius 3 is 2.51 bits per heavy atom. The molecule has 8 nitrogen and oxygen atoms in total. The molecule has 0 atom stereocenters. The van der Waals surface area contributed by atoms with Gasteiger partial charge in [-0.3, -0.25) is 14.5 Å². The van der Waals surface area contributed by atoms with Crippen molar-refractivity contribution in [2.45, 2.75) is 26.2 Å². The second kappa shape index (κ2) is 9.42. The SMILES string of the molecule is CC(=O)N1CC(C)(C)c2ccc(NC(=O)c3ccc(F)c(N(c4ccccn4)c4ccncn4)c3)cc21. The monoisotopic (exact) mass is 496 g/mol. The highest BCUT2D eigenvalue weighted by atomic mass is 19.1. The first-order valence-corrected chi connectivity index (χ1v) is 11.8. The average Bonchev–Trinajstić information content (AvgIpc) is 3.17. The zero-order valence-electron chi connectivity index (χ0n) is 20.6. The molecule has 2 aromatic carbocycles. The Bertz CT molecular complexity index is 1440. The summed E-state index contributed by atoms with van der Waals surface area (Å²) in [6.45, 7) is 6.26. The van der Waals surface area contributed by atoms with Crippen LogP contribution in [0.15, 0.2) is 79.4 Å². The van der Waals surface area contributed by atoms with Crippen LogP contribution >= 0.6 is 0 Å². The highest BCUT2D eigenvalue weighted by molar-refractivity contribution is 6.06. The summed E-state index contributed by atoms with van der Waals surface area (Å²) in [7, 11) is 0. The smallest absolute Gasteiger partial charge is 0.255 e. The highest BCUT2D eigenvalue weighted by Crippen LogP contribution is 2.42. The van der Waals surface area contributed by atoms with Crippen molar-refractivity contribution in [2.75, 3.05) is 21.7 Å². The van der Waals surface area contributed by atoms with E-state index in [2.05, 4.69) is 34.1 Å². The van der Waals surface area contributed by atoms with Crippen molar-refractivity contribution in [1.82, 2.24) is 15.0 Å². The molecule has 0 saturated carbocycles. The molecule has 5 rings (SSSR count). The van der Waals surface area contributed by atoms with Crippen molar-refractivity contribution < 1.29 is 14.0 Å². The van der Waals surface area contributed by atoms with Crippen LogP contribution < -0.4 is 15.1 Å². The number of carbonyl (C=O) groups excluding carboxylic acids is 2. The summed E-state index contributed by atoms with van der Waals surface area (Å²) in [5, 5.41) is 2.88. The number of rotatable bonds is 5. The zero-order valence-corrected chi connectivity index (χ0v) is 20.6. The second-order valence-electron chi connectivity index (χ2n) is 9.43. The quantitative estimate of drug-likeness (QED) is 0.399. The van der Waals surface area contributed by atoms with Crippen LogP contribution in [0.2, 0.25) is 0 Å². The summed E-state index contributed by atoms with van der Waals surface area (Å²) in [6, 6.07) is 16.6. The molecule has 4 aromatic rings. The van der Waals surface area contributed by atoms with Gasteiger partial charge in [0, 0.05) is 48.2 Å². The van der Waals surface area contributed by atoms with Crippen LogP contribution in [0.1, 0.15) is 36.7 Å². The van der Waals surface area contributed by atoms with Gasteiger partial charge in [-0.05, 0) is 54.1 Å². The summed E-state index contributed by atoms with van der Waals surface area (Å²) in [6.07, 6.45) is 4.50. The maximum absolute atomic E-state index is 15.1. The van der Waals surface area contributed by atoms with E-state index in [0.29, 0.717) is 23.9 Å². The lowest BCUT2D eigenvalue weighted by Crippen LogP contribution is -2.32. The fourth-order valence-corrected chi connectivity index (χ4v) is 4.55. The van der Waals surface area contributed by atoms with Crippen molar-refractivity contribution in [3.05, 3.63) is 96.3 Å². The molecule has 1 aliphatic rings. The number of hydrogen-bond donors (Lipinski definition) is 1. The number of halogens is 1. The van der Waals surface area contributed by atoms with Crippen molar-refractivity contribution >= 4 is 40.5 Å². The van der Waals surface area contributed by atoms with E-state index in [4.69, 9.17) is 0 Å². The number of carbonyl (C=O) groups is 2. The van der Waals surface area contributed by atoms with E-state index in [0.717, 1.165) is 11.3 Å². The summed E-state index contributed by atoms with van der Waals surface area (Å²) in [4.78, 5) is 41.2. The standard InChI is InChI=1S/C28H25FN6O2/c1-18(36)34-16-28(2,3)21-9-8-20(15-23(21)34)33-27(37)19-7-10-22(29)24(14-19)35(25-6-4-5-12-31-25)26-11-13-30-17-32-26/h4-15,17H,16H2,1-3H3,(H,33,37). The average molecular weight is 497 g/mol. The third kappa shape index (κ3) is 4.63. The molecule has 1 aliphatic heterocycles. The molecule has 0 unspecified atom stereocenters. The number of nitrogens with one attached hydrogen (secondary N) is 1. The first kappa shape index (κ1) is 24.1. The van der Waals surface area contributed by atoms with Crippen molar-refractivity contribution in [3.63, 3.8) is 0 Å². The molecule has 37 heavy (non-hydrogen) atoms. The normalized spacial score (nSPS) is 13.7. The van der Waals surface area contributed by atoms with Gasteiger partial charge in [-0.25, -0.2) is 19.3 Å². The van der Waals surface area contributed by atoms with Crippen molar-refractivity contribution in [1.29, 1.82) is 0 Å². The lowest BCUT2D eigenvalue weighted by atomic mass is 9.87. The Balaban J connectivity index is 1.49. The number of hydrogen-bond acceptors (Lipinski definition) is 6. The Kier molecular flexibility index (Phi) is 6.12. The van der Waals surface area contributed by atoms with Gasteiger partial charge < -0.3 is 10.2 Å². The van der Waals surface area contributed by atoms with Gasteiger partial charge in [0.2, 0.25) is 5.91 Å². The van der Waals surface area contributed by atoms with Crippen LogP contribution in [-0.4, -0.2) is 33.3 Å². The first-order chi connectivity index (χ1) is 17.7. The molecule has 0 bridgehead atoms. The third-order valence-corrected chi connectivity index (χ3v) is 6.33. The molecule has 2 aromatic heterocycles. The number of nitrogens with zero attached hydrogens (tertiary/aromatic N) is 5. The lowest BCUT2D eigenvalue weighted by Gasteiger charge is -2.23. The predicted molar refractivity (Wildman–Crippen MR) is 140 cm³/mol. The van der Waals surface area contributed by atoms with Gasteiger partial charge in [-0.2, -0.15) is 0 Å². The Labute approximate surface area is 213 Å². The first-order valence-electron chi connectivity index (χ1n) is 11.8. The molecule has 0 spiro atoms. The number of amides is 2. The maximum atomic E-state index is 15.1. The van der Waals surface area contributed by atoms with Gasteiger partial charge in [0.05, 0.1) is 5.69 Å². The van der Waals surface area contributed by atoms with E-state index in [-0.39, 0.29) is 22.6 Å². The topological polar surface area (TPSA) is 91.3 Å². The second-order valence-corrected chi connectivity index (χ2v) is 9.43. The van der Waals surface area contributed by atoms with Gasteiger partial charge in [-0.1, -0.05) is 26.0 Å². The van der Waals surface area contributed by atoms with Crippen LogP contribution in [0.25, 0.3) is 0 Å². The summed E-state index contributed by atoms with van der Waals surface area (Å²) in [5.41, 5.74) is 2.53. The number of aromatic nitrogens is 3. The van der Waals surface area contributed by atoms with E-state index in [1.165, 1.54) is 36.4 Å². The Morgan fingerprint density at radius 2 is 1.81 bits per heavy atom. The number of anilines is 5. The molecule has 186 valence electrons. The zero-order chi connectivity index (χ0) is 26.2. The molecule has 0 fully saturated rings. The predicted octanol–water partition coefficient (Wildman–Crippen LogP) is 5.38. The number of pyridine rings is 1. The van der Waals surface area contributed by atoms with Gasteiger partial charge in [0.15, 0.2) is 0 Å². The fourth-order valence-electron chi connectivity index (χ4n) is 4.55. The Morgan fingerprint density at radius 1 is 1.00 bits per heavy atom. The molecule has 3 heterocycles. The highest BCUT2D eigenvalue weighted by Gasteiger charge is 2.37. The summed E-state index contributed by atoms with van der Waals surface area (Å²) in [5.74, 6) is -0.189. The van der Waals surface area contributed by atoms with Crippen LogP contribution in [0.3, 0.4) is 0 Å². The van der Waals surface area contributed by atoms with Crippen LogP contribution in [0.5, 0.6) is 0 Å². The van der Waals surface area contributed by atoms with Crippen LogP contribution in [0.4, 0.5) is 33.1 Å². The molecule has 0 saturated heterocycles. The maximum Gasteiger partial charge on any atom is 0.255 e. The van der Waals surface area contributed by atoms with E-state index >= 15 is 4.39 Å². The molecule has 9 heteroatoms. The van der Waals surface area contributed by atoms with Crippen molar-refractivity contribution in [3.8, 4) is 0 Å². The van der Waals surface area contributed by atoms with E-state index in [1.54, 1.807) is 47.6 Å². The largest absolute Gasteiger partial charge is 0.322 e. The van der Waals surface area contributed by atoms with Gasteiger partial charge in [0.25, 0.3) is 5.91 Å². The molecular weight excluding hydrogens is 471 g/mol. The number of fused-ring (bicyclic) bond motifs is 1. The van der Waals surface area contributed by atoms with Crippen LogP contribution in [-0.2, 0) is 10.2 Å². The minimum Gasteiger partial charge on any atom is -0.322 e. The lowest BCUT2D eigenvalue weighted by molar-refractivity contribution is -0.116. The summed E-state index contributed by atoms with van der Waals surface area (Å²) >= 11 is 0. The molecule has 0 aliphatic carbocycles. The van der Waals surface area contributed by atoms with Gasteiger partial charge in [0.1, 0.15) is 23.8 Å². The number of benzene rings is 2. The molecular formula is C28H25FN6O2.